The van der Waals surface area contributed by atoms with Crippen molar-refractivity contribution in [3.63, 3.8) is 0 Å². The molecule has 1 atom stereocenters. The summed E-state index contributed by atoms with van der Waals surface area (Å²) in [7, 11) is 0. The number of nitrogens with zero attached hydrogens (tertiary/aromatic N) is 2. The van der Waals surface area contributed by atoms with Gasteiger partial charge in [-0.1, -0.05) is 24.3 Å². The van der Waals surface area contributed by atoms with Crippen LogP contribution in [0.15, 0.2) is 48.8 Å². The summed E-state index contributed by atoms with van der Waals surface area (Å²) in [5, 5.41) is 0. The van der Waals surface area contributed by atoms with Gasteiger partial charge in [-0.15, -0.1) is 0 Å². The number of morpholine rings is 1. The Labute approximate surface area is 131 Å². The number of pyridine rings is 1. The molecule has 1 aliphatic heterocycles. The first kappa shape index (κ1) is 13.9. The van der Waals surface area contributed by atoms with Gasteiger partial charge in [0.05, 0.1) is 6.61 Å². The van der Waals surface area contributed by atoms with Crippen LogP contribution in [0.3, 0.4) is 0 Å². The SMILES string of the molecule is c1ccc2c(c1)CC[C@]21CN(CCc2ccncc2)CCO1. The fourth-order valence-electron chi connectivity index (χ4n) is 3.85. The van der Waals surface area contributed by atoms with Gasteiger partial charge in [0.1, 0.15) is 5.60 Å². The minimum absolute atomic E-state index is 0.0624. The van der Waals surface area contributed by atoms with Crippen LogP contribution in [0.5, 0.6) is 0 Å². The van der Waals surface area contributed by atoms with Crippen LogP contribution in [0.25, 0.3) is 0 Å². The maximum atomic E-state index is 6.28. The average molecular weight is 294 g/mol. The summed E-state index contributed by atoms with van der Waals surface area (Å²) >= 11 is 0. The van der Waals surface area contributed by atoms with E-state index in [-0.39, 0.29) is 5.60 Å². The third-order valence-electron chi connectivity index (χ3n) is 5.04. The minimum atomic E-state index is -0.0624. The predicted molar refractivity (Wildman–Crippen MR) is 86.8 cm³/mol. The summed E-state index contributed by atoms with van der Waals surface area (Å²) in [5.74, 6) is 0. The van der Waals surface area contributed by atoms with Crippen molar-refractivity contribution < 1.29 is 4.74 Å². The van der Waals surface area contributed by atoms with Gasteiger partial charge in [-0.25, -0.2) is 0 Å². The Hall–Kier alpha value is -1.71. The Kier molecular flexibility index (Phi) is 3.68. The number of hydrogen-bond donors (Lipinski definition) is 0. The molecular weight excluding hydrogens is 272 g/mol. The van der Waals surface area contributed by atoms with Gasteiger partial charge < -0.3 is 4.74 Å². The van der Waals surface area contributed by atoms with Crippen molar-refractivity contribution in [2.45, 2.75) is 24.9 Å². The largest absolute Gasteiger partial charge is 0.368 e. The van der Waals surface area contributed by atoms with E-state index in [4.69, 9.17) is 4.74 Å². The zero-order valence-electron chi connectivity index (χ0n) is 12.9. The smallest absolute Gasteiger partial charge is 0.106 e. The Morgan fingerprint density at radius 3 is 2.91 bits per heavy atom. The van der Waals surface area contributed by atoms with Crippen LogP contribution in [0, 0.1) is 0 Å². The molecule has 0 amide bonds. The molecule has 3 heteroatoms. The number of aryl methyl sites for hydroxylation is 1. The van der Waals surface area contributed by atoms with Gasteiger partial charge in [0.15, 0.2) is 0 Å². The Balaban J connectivity index is 1.47. The fourth-order valence-corrected chi connectivity index (χ4v) is 3.85. The normalized spacial score (nSPS) is 24.5. The molecule has 2 aromatic rings. The molecule has 0 radical (unpaired) electrons. The predicted octanol–water partition coefficient (Wildman–Crippen LogP) is 2.80. The lowest BCUT2D eigenvalue weighted by molar-refractivity contribution is -0.113. The lowest BCUT2D eigenvalue weighted by atomic mass is 9.93. The lowest BCUT2D eigenvalue weighted by Gasteiger charge is -2.41. The molecule has 0 N–H and O–H groups in total. The summed E-state index contributed by atoms with van der Waals surface area (Å²) in [4.78, 5) is 6.65. The topological polar surface area (TPSA) is 25.4 Å². The van der Waals surface area contributed by atoms with Crippen molar-refractivity contribution >= 4 is 0 Å². The molecule has 2 heterocycles. The second kappa shape index (κ2) is 5.82. The summed E-state index contributed by atoms with van der Waals surface area (Å²) in [6, 6.07) is 13.0. The molecule has 1 aromatic heterocycles. The van der Waals surface area contributed by atoms with E-state index in [1.165, 1.54) is 16.7 Å². The van der Waals surface area contributed by atoms with Crippen molar-refractivity contribution in [1.29, 1.82) is 0 Å². The molecule has 0 bridgehead atoms. The van der Waals surface area contributed by atoms with Gasteiger partial charge in [-0.05, 0) is 48.1 Å². The lowest BCUT2D eigenvalue weighted by Crippen LogP contribution is -2.49. The van der Waals surface area contributed by atoms with Crippen LogP contribution < -0.4 is 0 Å². The van der Waals surface area contributed by atoms with Gasteiger partial charge >= 0.3 is 0 Å². The van der Waals surface area contributed by atoms with Crippen molar-refractivity contribution in [2.24, 2.45) is 0 Å². The van der Waals surface area contributed by atoms with Crippen molar-refractivity contribution in [3.8, 4) is 0 Å². The zero-order chi connectivity index (χ0) is 14.8. The first-order valence-corrected chi connectivity index (χ1v) is 8.19. The number of rotatable bonds is 3. The molecule has 1 fully saturated rings. The van der Waals surface area contributed by atoms with Crippen LogP contribution in [0.4, 0.5) is 0 Å². The number of aromatic nitrogens is 1. The monoisotopic (exact) mass is 294 g/mol. The van der Waals surface area contributed by atoms with Gasteiger partial charge in [0.2, 0.25) is 0 Å². The van der Waals surface area contributed by atoms with Crippen LogP contribution in [0.1, 0.15) is 23.1 Å². The van der Waals surface area contributed by atoms with Crippen molar-refractivity contribution in [2.75, 3.05) is 26.2 Å². The van der Waals surface area contributed by atoms with Crippen LogP contribution >= 0.6 is 0 Å². The summed E-state index contributed by atoms with van der Waals surface area (Å²) in [6.07, 6.45) is 7.11. The van der Waals surface area contributed by atoms with Gasteiger partial charge in [-0.2, -0.15) is 0 Å². The first-order chi connectivity index (χ1) is 10.9. The summed E-state index contributed by atoms with van der Waals surface area (Å²) in [6.45, 7) is 3.99. The first-order valence-electron chi connectivity index (χ1n) is 8.19. The van der Waals surface area contributed by atoms with Gasteiger partial charge in [0, 0.05) is 32.0 Å². The Bertz CT molecular complexity index is 639. The molecule has 1 aromatic carbocycles. The van der Waals surface area contributed by atoms with Crippen LogP contribution in [-0.2, 0) is 23.2 Å². The molecule has 114 valence electrons. The highest BCUT2D eigenvalue weighted by Crippen LogP contribution is 2.42. The van der Waals surface area contributed by atoms with E-state index < -0.39 is 0 Å². The Morgan fingerprint density at radius 2 is 2.00 bits per heavy atom. The highest BCUT2D eigenvalue weighted by Gasteiger charge is 2.42. The van der Waals surface area contributed by atoms with Crippen molar-refractivity contribution in [1.82, 2.24) is 9.88 Å². The highest BCUT2D eigenvalue weighted by molar-refractivity contribution is 5.38. The van der Waals surface area contributed by atoms with E-state index >= 15 is 0 Å². The third-order valence-corrected chi connectivity index (χ3v) is 5.04. The molecule has 1 aliphatic carbocycles. The molecule has 0 saturated carbocycles. The van der Waals surface area contributed by atoms with E-state index in [1.54, 1.807) is 0 Å². The van der Waals surface area contributed by atoms with Crippen molar-refractivity contribution in [3.05, 3.63) is 65.5 Å². The van der Waals surface area contributed by atoms with E-state index in [2.05, 4.69) is 46.3 Å². The number of ether oxygens (including phenoxy) is 1. The highest BCUT2D eigenvalue weighted by atomic mass is 16.5. The van der Waals surface area contributed by atoms with Gasteiger partial charge in [-0.3, -0.25) is 9.88 Å². The molecule has 2 aliphatic rings. The fraction of sp³-hybridized carbons (Fsp3) is 0.421. The van der Waals surface area contributed by atoms with Gasteiger partial charge in [0.25, 0.3) is 0 Å². The quantitative estimate of drug-likeness (QED) is 0.870. The van der Waals surface area contributed by atoms with Crippen LogP contribution in [-0.4, -0.2) is 36.1 Å². The Morgan fingerprint density at radius 1 is 1.14 bits per heavy atom. The standard InChI is InChI=1S/C19H22N2O/c1-2-4-18-17(3-1)5-9-19(18)15-21(13-14-22-19)12-8-16-6-10-20-11-7-16/h1-4,6-7,10-11H,5,8-9,12-15H2/t19-/m0/s1. The second-order valence-electron chi connectivity index (χ2n) is 6.38. The van der Waals surface area contributed by atoms with Crippen LogP contribution in [0.2, 0.25) is 0 Å². The zero-order valence-corrected chi connectivity index (χ0v) is 12.9. The molecule has 1 saturated heterocycles. The minimum Gasteiger partial charge on any atom is -0.368 e. The van der Waals surface area contributed by atoms with E-state index in [9.17, 15) is 0 Å². The van der Waals surface area contributed by atoms with E-state index in [1.807, 2.05) is 12.4 Å². The average Bonchev–Trinajstić information content (AvgIpc) is 2.93. The molecule has 22 heavy (non-hydrogen) atoms. The molecular formula is C19H22N2O. The summed E-state index contributed by atoms with van der Waals surface area (Å²) < 4.78 is 6.28. The molecule has 4 rings (SSSR count). The molecule has 0 unspecified atom stereocenters. The van der Waals surface area contributed by atoms with E-state index in [0.717, 1.165) is 45.5 Å². The third kappa shape index (κ3) is 2.55. The maximum absolute atomic E-state index is 6.28. The van der Waals surface area contributed by atoms with E-state index in [0.29, 0.717) is 0 Å². The summed E-state index contributed by atoms with van der Waals surface area (Å²) in [5.41, 5.74) is 4.19. The molecule has 3 nitrogen and oxygen atoms in total. The second-order valence-corrected chi connectivity index (χ2v) is 6.38. The maximum Gasteiger partial charge on any atom is 0.106 e. The molecule has 1 spiro atoms. The number of benzene rings is 1. The number of hydrogen-bond acceptors (Lipinski definition) is 3. The number of fused-ring (bicyclic) bond motifs is 2.